The lowest BCUT2D eigenvalue weighted by Gasteiger charge is -2.13. The number of pyridine rings is 1. The van der Waals surface area contributed by atoms with Crippen molar-refractivity contribution in [2.45, 2.75) is 19.9 Å². The number of hydrogen-bond donors (Lipinski definition) is 2. The van der Waals surface area contributed by atoms with Crippen LogP contribution in [0.4, 0.5) is 5.13 Å². The second-order valence-electron chi connectivity index (χ2n) is 5.77. The van der Waals surface area contributed by atoms with Crippen LogP contribution in [-0.2, 0) is 4.79 Å². The molecular formula is C19H18N4O2S. The van der Waals surface area contributed by atoms with E-state index in [1.165, 1.54) is 18.3 Å². The number of hydrogen-bond acceptors (Lipinski definition) is 5. The summed E-state index contributed by atoms with van der Waals surface area (Å²) in [6.45, 7) is 3.44. The first kappa shape index (κ1) is 17.8. The van der Waals surface area contributed by atoms with Crippen molar-refractivity contribution in [3.05, 3.63) is 65.3 Å². The maximum absolute atomic E-state index is 12.2. The SMILES string of the molecule is CC(=O)NC(C)c1ccc(-c2csc(NC(=O)c3ccncc3)n2)cc1. The Labute approximate surface area is 155 Å². The fraction of sp³-hybridized carbons (Fsp3) is 0.158. The zero-order chi connectivity index (χ0) is 18.5. The van der Waals surface area contributed by atoms with Crippen molar-refractivity contribution in [2.75, 3.05) is 5.32 Å². The van der Waals surface area contributed by atoms with E-state index in [1.807, 2.05) is 36.6 Å². The molecule has 2 heterocycles. The van der Waals surface area contributed by atoms with Crippen LogP contribution in [0, 0.1) is 0 Å². The summed E-state index contributed by atoms with van der Waals surface area (Å²) in [6, 6.07) is 11.1. The van der Waals surface area contributed by atoms with E-state index in [0.717, 1.165) is 16.8 Å². The minimum Gasteiger partial charge on any atom is -0.350 e. The minimum atomic E-state index is -0.215. The van der Waals surface area contributed by atoms with Crippen LogP contribution in [0.5, 0.6) is 0 Å². The van der Waals surface area contributed by atoms with Gasteiger partial charge >= 0.3 is 0 Å². The van der Waals surface area contributed by atoms with E-state index in [0.29, 0.717) is 10.7 Å². The zero-order valence-electron chi connectivity index (χ0n) is 14.4. The van der Waals surface area contributed by atoms with Crippen molar-refractivity contribution in [1.82, 2.24) is 15.3 Å². The second-order valence-corrected chi connectivity index (χ2v) is 6.63. The van der Waals surface area contributed by atoms with Gasteiger partial charge in [-0.2, -0.15) is 0 Å². The average Bonchev–Trinajstić information content (AvgIpc) is 3.10. The largest absolute Gasteiger partial charge is 0.350 e. The van der Waals surface area contributed by atoms with E-state index in [1.54, 1.807) is 24.5 Å². The number of rotatable bonds is 5. The number of carbonyl (C=O) groups excluding carboxylic acids is 2. The van der Waals surface area contributed by atoms with Gasteiger partial charge in [0.2, 0.25) is 5.91 Å². The van der Waals surface area contributed by atoms with E-state index in [4.69, 9.17) is 0 Å². The van der Waals surface area contributed by atoms with Crippen LogP contribution in [0.25, 0.3) is 11.3 Å². The Hall–Kier alpha value is -3.06. The van der Waals surface area contributed by atoms with Crippen LogP contribution in [-0.4, -0.2) is 21.8 Å². The molecule has 0 aliphatic heterocycles. The fourth-order valence-corrected chi connectivity index (χ4v) is 3.18. The normalized spacial score (nSPS) is 11.6. The van der Waals surface area contributed by atoms with Crippen molar-refractivity contribution in [1.29, 1.82) is 0 Å². The van der Waals surface area contributed by atoms with Crippen LogP contribution < -0.4 is 10.6 Å². The number of nitrogens with zero attached hydrogens (tertiary/aromatic N) is 2. The summed E-state index contributed by atoms with van der Waals surface area (Å²) < 4.78 is 0. The summed E-state index contributed by atoms with van der Waals surface area (Å²) in [6.07, 6.45) is 3.15. The molecule has 0 saturated carbocycles. The highest BCUT2D eigenvalue weighted by Crippen LogP contribution is 2.26. The van der Waals surface area contributed by atoms with Gasteiger partial charge in [-0.05, 0) is 24.6 Å². The topological polar surface area (TPSA) is 84.0 Å². The molecule has 0 radical (unpaired) electrons. The summed E-state index contributed by atoms with van der Waals surface area (Å²) in [4.78, 5) is 31.7. The molecule has 2 amide bonds. The molecule has 6 nitrogen and oxygen atoms in total. The van der Waals surface area contributed by atoms with Gasteiger partial charge in [0, 0.05) is 35.8 Å². The molecule has 26 heavy (non-hydrogen) atoms. The quantitative estimate of drug-likeness (QED) is 0.722. The molecule has 7 heteroatoms. The number of amides is 2. The third-order valence-corrected chi connectivity index (χ3v) is 4.55. The molecular weight excluding hydrogens is 348 g/mol. The molecule has 132 valence electrons. The molecule has 2 N–H and O–H groups in total. The number of thiazole rings is 1. The number of anilines is 1. The molecule has 1 atom stereocenters. The minimum absolute atomic E-state index is 0.0489. The van der Waals surface area contributed by atoms with E-state index >= 15 is 0 Å². The summed E-state index contributed by atoms with van der Waals surface area (Å²) in [5, 5.41) is 8.08. The van der Waals surface area contributed by atoms with Crippen LogP contribution in [0.2, 0.25) is 0 Å². The first-order valence-corrected chi connectivity index (χ1v) is 8.95. The van der Waals surface area contributed by atoms with Gasteiger partial charge < -0.3 is 5.32 Å². The van der Waals surface area contributed by atoms with Gasteiger partial charge in [-0.3, -0.25) is 19.9 Å². The van der Waals surface area contributed by atoms with Crippen LogP contribution in [0.1, 0.15) is 35.8 Å². The Morgan fingerprint density at radius 3 is 2.42 bits per heavy atom. The van der Waals surface area contributed by atoms with Crippen molar-refractivity contribution >= 4 is 28.3 Å². The highest BCUT2D eigenvalue weighted by atomic mass is 32.1. The number of carbonyl (C=O) groups is 2. The Morgan fingerprint density at radius 2 is 1.77 bits per heavy atom. The summed E-state index contributed by atoms with van der Waals surface area (Å²) in [5.74, 6) is -0.275. The van der Waals surface area contributed by atoms with E-state index in [9.17, 15) is 9.59 Å². The van der Waals surface area contributed by atoms with Crippen molar-refractivity contribution in [3.63, 3.8) is 0 Å². The zero-order valence-corrected chi connectivity index (χ0v) is 15.2. The molecule has 0 spiro atoms. The lowest BCUT2D eigenvalue weighted by molar-refractivity contribution is -0.119. The first-order chi connectivity index (χ1) is 12.5. The highest BCUT2D eigenvalue weighted by molar-refractivity contribution is 7.14. The standard InChI is InChI=1S/C19H18N4O2S/c1-12(21-13(2)24)14-3-5-15(6-4-14)17-11-26-19(22-17)23-18(25)16-7-9-20-10-8-16/h3-12H,1-2H3,(H,21,24)(H,22,23,25). The van der Waals surface area contributed by atoms with Crippen LogP contribution >= 0.6 is 11.3 Å². The summed E-state index contributed by atoms with van der Waals surface area (Å²) >= 11 is 1.37. The van der Waals surface area contributed by atoms with Gasteiger partial charge in [0.15, 0.2) is 5.13 Å². The molecule has 3 rings (SSSR count). The Morgan fingerprint density at radius 1 is 1.08 bits per heavy atom. The maximum Gasteiger partial charge on any atom is 0.257 e. The van der Waals surface area contributed by atoms with Crippen LogP contribution in [0.15, 0.2) is 54.2 Å². The predicted octanol–water partition coefficient (Wildman–Crippen LogP) is 3.65. The van der Waals surface area contributed by atoms with Gasteiger partial charge in [-0.25, -0.2) is 4.98 Å². The van der Waals surface area contributed by atoms with Crippen molar-refractivity contribution in [2.24, 2.45) is 0 Å². The smallest absolute Gasteiger partial charge is 0.257 e. The van der Waals surface area contributed by atoms with Gasteiger partial charge in [-0.15, -0.1) is 11.3 Å². The molecule has 0 aliphatic rings. The predicted molar refractivity (Wildman–Crippen MR) is 102 cm³/mol. The van der Waals surface area contributed by atoms with Gasteiger partial charge in [0.25, 0.3) is 5.91 Å². The second kappa shape index (κ2) is 7.88. The molecule has 1 unspecified atom stereocenters. The maximum atomic E-state index is 12.2. The molecule has 0 fully saturated rings. The van der Waals surface area contributed by atoms with E-state index < -0.39 is 0 Å². The van der Waals surface area contributed by atoms with Crippen LogP contribution in [0.3, 0.4) is 0 Å². The van der Waals surface area contributed by atoms with Crippen molar-refractivity contribution < 1.29 is 9.59 Å². The Kier molecular flexibility index (Phi) is 5.38. The first-order valence-electron chi connectivity index (χ1n) is 8.07. The highest BCUT2D eigenvalue weighted by Gasteiger charge is 2.11. The molecule has 0 bridgehead atoms. The third kappa shape index (κ3) is 4.31. The van der Waals surface area contributed by atoms with Gasteiger partial charge in [0.1, 0.15) is 0 Å². The molecule has 3 aromatic rings. The summed E-state index contributed by atoms with van der Waals surface area (Å²) in [5.41, 5.74) is 3.29. The lowest BCUT2D eigenvalue weighted by Crippen LogP contribution is -2.23. The Balaban J connectivity index is 1.69. The molecule has 1 aromatic carbocycles. The lowest BCUT2D eigenvalue weighted by atomic mass is 10.1. The van der Waals surface area contributed by atoms with E-state index in [2.05, 4.69) is 20.6 Å². The third-order valence-electron chi connectivity index (χ3n) is 3.79. The van der Waals surface area contributed by atoms with Gasteiger partial charge in [0.05, 0.1) is 11.7 Å². The van der Waals surface area contributed by atoms with Gasteiger partial charge in [-0.1, -0.05) is 24.3 Å². The van der Waals surface area contributed by atoms with E-state index in [-0.39, 0.29) is 17.9 Å². The Bertz CT molecular complexity index is 907. The number of nitrogens with one attached hydrogen (secondary N) is 2. The monoisotopic (exact) mass is 366 g/mol. The molecule has 0 saturated heterocycles. The fourth-order valence-electron chi connectivity index (χ4n) is 2.47. The number of aromatic nitrogens is 2. The summed E-state index contributed by atoms with van der Waals surface area (Å²) in [7, 11) is 0. The number of benzene rings is 1. The van der Waals surface area contributed by atoms with Crippen molar-refractivity contribution in [3.8, 4) is 11.3 Å². The molecule has 0 aliphatic carbocycles. The molecule has 2 aromatic heterocycles. The average molecular weight is 366 g/mol.